The summed E-state index contributed by atoms with van der Waals surface area (Å²) >= 11 is 0. The first-order valence-corrected chi connectivity index (χ1v) is 6.38. The van der Waals surface area contributed by atoms with Gasteiger partial charge in [0.15, 0.2) is 0 Å². The molecule has 0 aromatic carbocycles. The predicted octanol–water partition coefficient (Wildman–Crippen LogP) is 1.77. The van der Waals surface area contributed by atoms with Crippen LogP contribution in [0.1, 0.15) is 34.1 Å². The molecule has 108 valence electrons. The maximum absolute atomic E-state index is 11.8. The minimum Gasteiger partial charge on any atom is -0.461 e. The van der Waals surface area contributed by atoms with Gasteiger partial charge in [0, 0.05) is 32.5 Å². The Bertz CT molecular complexity index is 351. The Kier molecular flexibility index (Phi) is 7.72. The Labute approximate surface area is 114 Å². The first-order valence-electron chi connectivity index (χ1n) is 6.38. The lowest BCUT2D eigenvalue weighted by Crippen LogP contribution is -2.34. The smallest absolute Gasteiger partial charge is 0.302 e. The Balaban J connectivity index is 4.92. The molecule has 0 aliphatic rings. The highest BCUT2D eigenvalue weighted by Gasteiger charge is 2.29. The average Bonchev–Trinajstić information content (AvgIpc) is 2.39. The number of rotatable bonds is 8. The van der Waals surface area contributed by atoms with Crippen LogP contribution in [0.2, 0.25) is 0 Å². The van der Waals surface area contributed by atoms with Crippen molar-refractivity contribution in [2.45, 2.75) is 40.2 Å². The molecule has 1 amide bonds. The van der Waals surface area contributed by atoms with E-state index in [0.29, 0.717) is 12.8 Å². The van der Waals surface area contributed by atoms with Crippen molar-refractivity contribution in [2.24, 2.45) is 11.8 Å². The van der Waals surface area contributed by atoms with Gasteiger partial charge < -0.3 is 9.64 Å². The number of ether oxygens (including phenoxy) is 1. The van der Waals surface area contributed by atoms with E-state index in [1.807, 2.05) is 6.92 Å². The van der Waals surface area contributed by atoms with E-state index in [1.54, 1.807) is 33.2 Å². The third-order valence-corrected chi connectivity index (χ3v) is 2.96. The first kappa shape index (κ1) is 17.4. The number of esters is 1. The molecular weight excluding hydrogens is 246 g/mol. The number of carbonyl (C=O) groups is 3. The minimum absolute atomic E-state index is 0.0511. The largest absolute Gasteiger partial charge is 0.461 e. The number of hydrogen-bond donors (Lipinski definition) is 0. The topological polar surface area (TPSA) is 63.7 Å². The minimum atomic E-state index is -0.513. The van der Waals surface area contributed by atoms with Gasteiger partial charge in [-0.3, -0.25) is 14.4 Å². The van der Waals surface area contributed by atoms with Crippen LogP contribution in [0.25, 0.3) is 0 Å². The van der Waals surface area contributed by atoms with Gasteiger partial charge in [-0.15, -0.1) is 0 Å². The molecule has 0 radical (unpaired) electrons. The van der Waals surface area contributed by atoms with E-state index in [9.17, 15) is 14.4 Å². The molecule has 3 atom stereocenters. The fraction of sp³-hybridized carbons (Fsp3) is 0.643. The normalized spacial score (nSPS) is 15.6. The van der Waals surface area contributed by atoms with Gasteiger partial charge in [-0.05, 0) is 0 Å². The van der Waals surface area contributed by atoms with Crippen LogP contribution in [-0.4, -0.2) is 36.2 Å². The summed E-state index contributed by atoms with van der Waals surface area (Å²) in [5.41, 5.74) is 0. The second-order valence-corrected chi connectivity index (χ2v) is 4.65. The quantitative estimate of drug-likeness (QED) is 0.497. The van der Waals surface area contributed by atoms with Crippen molar-refractivity contribution >= 4 is 18.2 Å². The molecule has 0 saturated heterocycles. The van der Waals surface area contributed by atoms with Crippen LogP contribution in [-0.2, 0) is 19.1 Å². The Morgan fingerprint density at radius 3 is 2.32 bits per heavy atom. The Morgan fingerprint density at radius 1 is 1.32 bits per heavy atom. The molecule has 0 aromatic heterocycles. The molecule has 0 aliphatic heterocycles. The van der Waals surface area contributed by atoms with Gasteiger partial charge in [0.2, 0.25) is 6.41 Å². The van der Waals surface area contributed by atoms with Crippen LogP contribution >= 0.6 is 0 Å². The van der Waals surface area contributed by atoms with Crippen molar-refractivity contribution in [2.75, 3.05) is 7.05 Å². The maximum Gasteiger partial charge on any atom is 0.302 e. The van der Waals surface area contributed by atoms with E-state index in [0.717, 1.165) is 0 Å². The summed E-state index contributed by atoms with van der Waals surface area (Å²) in [7, 11) is 1.61. The number of nitrogens with zero attached hydrogens (tertiary/aromatic N) is 1. The summed E-state index contributed by atoms with van der Waals surface area (Å²) in [6.45, 7) is 6.71. The number of ketones is 1. The summed E-state index contributed by atoms with van der Waals surface area (Å²) in [5.74, 6) is -0.883. The SMILES string of the molecule is CCC(=O)[C@H](C)[C@H](OC(C)=O)[C@H](C)/C=C/N(C)C=O. The van der Waals surface area contributed by atoms with Gasteiger partial charge >= 0.3 is 5.97 Å². The van der Waals surface area contributed by atoms with Gasteiger partial charge in [0.05, 0.1) is 5.92 Å². The van der Waals surface area contributed by atoms with Gasteiger partial charge in [-0.1, -0.05) is 26.8 Å². The fourth-order valence-corrected chi connectivity index (χ4v) is 1.78. The van der Waals surface area contributed by atoms with E-state index in [-0.39, 0.29) is 17.6 Å². The highest BCUT2D eigenvalue weighted by atomic mass is 16.5. The van der Waals surface area contributed by atoms with Crippen LogP contribution < -0.4 is 0 Å². The molecule has 0 N–H and O–H groups in total. The van der Waals surface area contributed by atoms with Crippen LogP contribution in [0, 0.1) is 11.8 Å². The Hall–Kier alpha value is -1.65. The van der Waals surface area contributed by atoms with Crippen molar-refractivity contribution in [3.63, 3.8) is 0 Å². The lowest BCUT2D eigenvalue weighted by Gasteiger charge is -2.26. The third kappa shape index (κ3) is 6.18. The number of hydrogen-bond acceptors (Lipinski definition) is 4. The van der Waals surface area contributed by atoms with Crippen molar-refractivity contribution in [1.29, 1.82) is 0 Å². The number of carbonyl (C=O) groups excluding carboxylic acids is 3. The third-order valence-electron chi connectivity index (χ3n) is 2.96. The summed E-state index contributed by atoms with van der Waals surface area (Å²) in [6, 6.07) is 0. The van der Waals surface area contributed by atoms with Gasteiger partial charge in [-0.25, -0.2) is 0 Å². The zero-order valence-corrected chi connectivity index (χ0v) is 12.3. The molecular formula is C14H23NO4. The molecule has 19 heavy (non-hydrogen) atoms. The van der Waals surface area contributed by atoms with Crippen molar-refractivity contribution in [3.05, 3.63) is 12.3 Å². The molecule has 5 heteroatoms. The van der Waals surface area contributed by atoms with Crippen LogP contribution in [0.4, 0.5) is 0 Å². The fourth-order valence-electron chi connectivity index (χ4n) is 1.78. The highest BCUT2D eigenvalue weighted by molar-refractivity contribution is 5.81. The van der Waals surface area contributed by atoms with Crippen LogP contribution in [0.3, 0.4) is 0 Å². The molecule has 0 bridgehead atoms. The summed E-state index contributed by atoms with van der Waals surface area (Å²) in [4.78, 5) is 34.7. The van der Waals surface area contributed by atoms with Crippen molar-refractivity contribution in [1.82, 2.24) is 4.90 Å². The van der Waals surface area contributed by atoms with E-state index in [1.165, 1.54) is 11.8 Å². The standard InChI is InChI=1S/C14H23NO4/c1-6-13(18)11(3)14(19-12(4)17)10(2)7-8-15(5)9-16/h7-11,14H,6H2,1-5H3/b8-7+/t10-,11+,14-/m1/s1. The van der Waals surface area contributed by atoms with E-state index >= 15 is 0 Å². The molecule has 0 saturated carbocycles. The average molecular weight is 269 g/mol. The maximum atomic E-state index is 11.8. The molecule has 0 heterocycles. The lowest BCUT2D eigenvalue weighted by atomic mass is 9.89. The number of Topliss-reactive ketones (excluding diaryl/α,β-unsaturated/α-hetero) is 1. The summed E-state index contributed by atoms with van der Waals surface area (Å²) in [5, 5.41) is 0. The van der Waals surface area contributed by atoms with Crippen LogP contribution in [0.15, 0.2) is 12.3 Å². The zero-order chi connectivity index (χ0) is 15.0. The molecule has 0 aromatic rings. The Morgan fingerprint density at radius 2 is 1.89 bits per heavy atom. The van der Waals surface area contributed by atoms with Crippen LogP contribution in [0.5, 0.6) is 0 Å². The molecule has 5 nitrogen and oxygen atoms in total. The van der Waals surface area contributed by atoms with Gasteiger partial charge in [-0.2, -0.15) is 0 Å². The van der Waals surface area contributed by atoms with E-state index < -0.39 is 12.1 Å². The van der Waals surface area contributed by atoms with Gasteiger partial charge in [0.25, 0.3) is 0 Å². The van der Waals surface area contributed by atoms with Crippen molar-refractivity contribution in [3.8, 4) is 0 Å². The predicted molar refractivity (Wildman–Crippen MR) is 72.1 cm³/mol. The lowest BCUT2D eigenvalue weighted by molar-refractivity contribution is -0.152. The molecule has 0 aliphatic carbocycles. The van der Waals surface area contributed by atoms with Crippen molar-refractivity contribution < 1.29 is 19.1 Å². The molecule has 0 rings (SSSR count). The molecule has 0 spiro atoms. The zero-order valence-electron chi connectivity index (χ0n) is 12.3. The molecule has 0 unspecified atom stereocenters. The molecule has 0 fully saturated rings. The highest BCUT2D eigenvalue weighted by Crippen LogP contribution is 2.20. The monoisotopic (exact) mass is 269 g/mol. The second-order valence-electron chi connectivity index (χ2n) is 4.65. The number of amides is 1. The van der Waals surface area contributed by atoms with E-state index in [2.05, 4.69) is 0 Å². The second kappa shape index (κ2) is 8.45. The summed E-state index contributed by atoms with van der Waals surface area (Å²) < 4.78 is 5.24. The van der Waals surface area contributed by atoms with E-state index in [4.69, 9.17) is 4.74 Å². The first-order chi connectivity index (χ1) is 8.83. The van der Waals surface area contributed by atoms with Gasteiger partial charge in [0.1, 0.15) is 11.9 Å². The summed E-state index contributed by atoms with van der Waals surface area (Å²) in [6.07, 6.45) is 3.91.